The van der Waals surface area contributed by atoms with E-state index in [1.807, 2.05) is 29.5 Å². The molecule has 4 nitrogen and oxygen atoms in total. The van der Waals surface area contributed by atoms with E-state index in [1.165, 1.54) is 63.5 Å². The van der Waals surface area contributed by atoms with Gasteiger partial charge in [0.1, 0.15) is 0 Å². The summed E-state index contributed by atoms with van der Waals surface area (Å²) in [5, 5.41) is 14.4. The summed E-state index contributed by atoms with van der Waals surface area (Å²) in [5.41, 5.74) is 6.42. The molecule has 0 saturated carbocycles. The lowest BCUT2D eigenvalue weighted by Gasteiger charge is -2.13. The number of rotatable bonds is 4. The summed E-state index contributed by atoms with van der Waals surface area (Å²) in [7, 11) is 0. The fourth-order valence-corrected chi connectivity index (χ4v) is 10.5. The molecule has 0 aliphatic heterocycles. The lowest BCUT2D eigenvalue weighted by atomic mass is 9.97. The molecule has 3 heterocycles. The Balaban J connectivity index is 1.12. The highest BCUT2D eigenvalue weighted by molar-refractivity contribution is 7.26. The average molecular weight is 781 g/mol. The van der Waals surface area contributed by atoms with Crippen LogP contribution in [0.1, 0.15) is 0 Å². The molecular weight excluding hydrogens is 749 g/mol. The van der Waals surface area contributed by atoms with Crippen LogP contribution < -0.4 is 0 Å². The Morgan fingerprint density at radius 1 is 0.333 bits per heavy atom. The standard InChI is InChI=1S/C55H32N4S/c1-2-14-35(15-3-1)53-56-54(40-23-22-33-12-4-5-16-36(33)28-40)58-55(57-53)52-43-21-11-9-19-39(43)31-49-51(52)45-32-41(25-27-48(45)60-49)59-46-26-24-34-13-8-10-20-42(34)50(46)44-29-37-17-6-7-18-38(37)30-47(44)59/h1-32H. The van der Waals surface area contributed by atoms with Crippen LogP contribution in [0.15, 0.2) is 194 Å². The lowest BCUT2D eigenvalue weighted by molar-refractivity contribution is 1.08. The van der Waals surface area contributed by atoms with Crippen LogP contribution in [0.4, 0.5) is 0 Å². The molecule has 0 atom stereocenters. The number of benzene rings is 10. The maximum atomic E-state index is 5.38. The predicted molar refractivity (Wildman–Crippen MR) is 253 cm³/mol. The summed E-state index contributed by atoms with van der Waals surface area (Å²) >= 11 is 1.82. The van der Waals surface area contributed by atoms with E-state index >= 15 is 0 Å². The molecule has 0 saturated heterocycles. The fourth-order valence-electron chi connectivity index (χ4n) is 9.37. The minimum absolute atomic E-state index is 0.648. The van der Waals surface area contributed by atoms with Crippen molar-refractivity contribution in [1.82, 2.24) is 19.5 Å². The second-order valence-corrected chi connectivity index (χ2v) is 16.7. The van der Waals surface area contributed by atoms with Crippen molar-refractivity contribution in [2.24, 2.45) is 0 Å². The predicted octanol–water partition coefficient (Wildman–Crippen LogP) is 15.0. The van der Waals surface area contributed by atoms with Crippen molar-refractivity contribution in [2.75, 3.05) is 0 Å². The molecule has 278 valence electrons. The van der Waals surface area contributed by atoms with Crippen LogP contribution in [0, 0.1) is 0 Å². The van der Waals surface area contributed by atoms with Gasteiger partial charge in [-0.25, -0.2) is 15.0 Å². The second kappa shape index (κ2) is 12.9. The van der Waals surface area contributed by atoms with E-state index in [1.54, 1.807) is 0 Å². The van der Waals surface area contributed by atoms with Crippen LogP contribution in [-0.4, -0.2) is 19.5 Å². The maximum Gasteiger partial charge on any atom is 0.165 e. The van der Waals surface area contributed by atoms with Crippen molar-refractivity contribution in [3.05, 3.63) is 194 Å². The summed E-state index contributed by atoms with van der Waals surface area (Å²) in [6.07, 6.45) is 0. The number of nitrogens with zero attached hydrogens (tertiary/aromatic N) is 4. The fraction of sp³-hybridized carbons (Fsp3) is 0. The average Bonchev–Trinajstić information content (AvgIpc) is 3.84. The monoisotopic (exact) mass is 780 g/mol. The SMILES string of the molecule is c1ccc(-c2nc(-c3ccc4ccccc4c3)nc(-c3c4ccccc4cc4sc5ccc(-n6c7cc8ccccc8cc7c7c8ccccc8ccc76)cc5c34)n2)cc1. The van der Waals surface area contributed by atoms with E-state index in [4.69, 9.17) is 15.0 Å². The van der Waals surface area contributed by atoms with Crippen LogP contribution in [0.3, 0.4) is 0 Å². The van der Waals surface area contributed by atoms with Gasteiger partial charge in [0, 0.05) is 53.3 Å². The Bertz CT molecular complexity index is 3900. The van der Waals surface area contributed by atoms with Gasteiger partial charge in [-0.1, -0.05) is 146 Å². The topological polar surface area (TPSA) is 43.6 Å². The molecule has 0 spiro atoms. The largest absolute Gasteiger partial charge is 0.309 e. The van der Waals surface area contributed by atoms with Gasteiger partial charge in [-0.15, -0.1) is 11.3 Å². The Morgan fingerprint density at radius 3 is 1.78 bits per heavy atom. The summed E-state index contributed by atoms with van der Waals surface area (Å²) in [4.78, 5) is 15.9. The highest BCUT2D eigenvalue weighted by atomic mass is 32.1. The van der Waals surface area contributed by atoms with Gasteiger partial charge in [0.2, 0.25) is 0 Å². The number of thiophene rings is 1. The molecule has 10 aromatic carbocycles. The van der Waals surface area contributed by atoms with Crippen molar-refractivity contribution in [2.45, 2.75) is 0 Å². The lowest BCUT2D eigenvalue weighted by Crippen LogP contribution is -2.01. The highest BCUT2D eigenvalue weighted by Crippen LogP contribution is 2.46. The molecule has 3 aromatic heterocycles. The quantitative estimate of drug-likeness (QED) is 0.179. The third kappa shape index (κ3) is 5.06. The molecule has 60 heavy (non-hydrogen) atoms. The summed E-state index contributed by atoms with van der Waals surface area (Å²) in [5.74, 6) is 1.96. The van der Waals surface area contributed by atoms with Crippen molar-refractivity contribution in [1.29, 1.82) is 0 Å². The molecule has 13 aromatic rings. The summed E-state index contributed by atoms with van der Waals surface area (Å²) in [6.45, 7) is 0. The molecule has 0 amide bonds. The Hall–Kier alpha value is -7.73. The van der Waals surface area contributed by atoms with E-state index in [9.17, 15) is 0 Å². The molecule has 0 aliphatic carbocycles. The van der Waals surface area contributed by atoms with Gasteiger partial charge in [0.25, 0.3) is 0 Å². The zero-order valence-corrected chi connectivity index (χ0v) is 33.0. The van der Waals surface area contributed by atoms with E-state index in [0.717, 1.165) is 43.9 Å². The van der Waals surface area contributed by atoms with E-state index in [-0.39, 0.29) is 0 Å². The molecular formula is C55H32N4S. The molecule has 0 radical (unpaired) electrons. The van der Waals surface area contributed by atoms with E-state index < -0.39 is 0 Å². The third-order valence-corrected chi connectivity index (χ3v) is 13.3. The van der Waals surface area contributed by atoms with Gasteiger partial charge in [0.05, 0.1) is 11.0 Å². The molecule has 0 aliphatic rings. The van der Waals surface area contributed by atoms with Crippen LogP contribution >= 0.6 is 11.3 Å². The van der Waals surface area contributed by atoms with Crippen LogP contribution in [0.5, 0.6) is 0 Å². The van der Waals surface area contributed by atoms with Crippen molar-refractivity contribution >= 4 is 96.4 Å². The first-order valence-electron chi connectivity index (χ1n) is 20.3. The number of aromatic nitrogens is 4. The van der Waals surface area contributed by atoms with Gasteiger partial charge >= 0.3 is 0 Å². The van der Waals surface area contributed by atoms with Gasteiger partial charge in [-0.05, 0) is 91.6 Å². The second-order valence-electron chi connectivity index (χ2n) is 15.6. The number of hydrogen-bond acceptors (Lipinski definition) is 4. The summed E-state index contributed by atoms with van der Waals surface area (Å²) in [6, 6.07) is 69.8. The van der Waals surface area contributed by atoms with Gasteiger partial charge in [-0.2, -0.15) is 0 Å². The van der Waals surface area contributed by atoms with Gasteiger partial charge in [0.15, 0.2) is 17.5 Å². The van der Waals surface area contributed by atoms with Crippen molar-refractivity contribution in [3.8, 4) is 39.9 Å². The molecule has 13 rings (SSSR count). The Labute approximate surface area is 348 Å². The van der Waals surface area contributed by atoms with Crippen molar-refractivity contribution in [3.63, 3.8) is 0 Å². The molecule has 0 unspecified atom stereocenters. The smallest absolute Gasteiger partial charge is 0.165 e. The van der Waals surface area contributed by atoms with Crippen LogP contribution in [-0.2, 0) is 0 Å². The normalized spacial score (nSPS) is 12.0. The Morgan fingerprint density at radius 2 is 0.967 bits per heavy atom. The maximum absolute atomic E-state index is 5.38. The first kappa shape index (κ1) is 33.3. The van der Waals surface area contributed by atoms with Crippen LogP contribution in [0.2, 0.25) is 0 Å². The molecule has 5 heteroatoms. The first-order chi connectivity index (χ1) is 29.7. The number of fused-ring (bicyclic) bond motifs is 11. The highest BCUT2D eigenvalue weighted by Gasteiger charge is 2.22. The molecule has 0 fully saturated rings. The number of hydrogen-bond donors (Lipinski definition) is 0. The van der Waals surface area contributed by atoms with Crippen LogP contribution in [0.25, 0.3) is 125 Å². The molecule has 0 bridgehead atoms. The zero-order chi connectivity index (χ0) is 39.3. The van der Waals surface area contributed by atoms with E-state index in [2.05, 4.69) is 180 Å². The zero-order valence-electron chi connectivity index (χ0n) is 32.2. The minimum atomic E-state index is 0.648. The van der Waals surface area contributed by atoms with Gasteiger partial charge < -0.3 is 4.57 Å². The van der Waals surface area contributed by atoms with Gasteiger partial charge in [-0.3, -0.25) is 0 Å². The first-order valence-corrected chi connectivity index (χ1v) is 21.1. The Kier molecular flexibility index (Phi) is 7.14. The third-order valence-electron chi connectivity index (χ3n) is 12.1. The van der Waals surface area contributed by atoms with E-state index in [0.29, 0.717) is 17.5 Å². The van der Waals surface area contributed by atoms with Crippen molar-refractivity contribution < 1.29 is 0 Å². The molecule has 0 N–H and O–H groups in total. The summed E-state index contributed by atoms with van der Waals surface area (Å²) < 4.78 is 4.87. The minimum Gasteiger partial charge on any atom is -0.309 e.